The van der Waals surface area contributed by atoms with Crippen molar-refractivity contribution in [3.63, 3.8) is 0 Å². The normalized spacial score (nSPS) is 20.9. The first-order valence-electron chi connectivity index (χ1n) is 12.7. The van der Waals surface area contributed by atoms with Crippen molar-refractivity contribution in [3.8, 4) is 11.5 Å². The molecule has 206 valence electrons. The molecule has 1 aromatic rings. The van der Waals surface area contributed by atoms with Crippen molar-refractivity contribution in [2.24, 2.45) is 11.8 Å². The number of carbonyl (C=O) groups is 4. The highest BCUT2D eigenvalue weighted by Crippen LogP contribution is 2.47. The summed E-state index contributed by atoms with van der Waals surface area (Å²) in [7, 11) is 1.26. The lowest BCUT2D eigenvalue weighted by molar-refractivity contribution is -0.151. The van der Waals surface area contributed by atoms with Gasteiger partial charge in [0.05, 0.1) is 19.3 Å². The number of hydrogen-bond acceptors (Lipinski definition) is 10. The molecular weight excluding hydrogens is 510 g/mol. The van der Waals surface area contributed by atoms with Crippen LogP contribution in [0.1, 0.15) is 52.5 Å². The van der Waals surface area contributed by atoms with Crippen LogP contribution in [0.5, 0.6) is 11.5 Å². The molecule has 3 rings (SSSR count). The van der Waals surface area contributed by atoms with E-state index in [9.17, 15) is 19.2 Å². The van der Waals surface area contributed by atoms with Crippen molar-refractivity contribution in [2.75, 3.05) is 31.8 Å². The van der Waals surface area contributed by atoms with Crippen LogP contribution in [0.2, 0.25) is 0 Å². The number of Topliss-reactive ketones (excluding diaryl/α,β-unsaturated/α-hetero) is 1. The van der Waals surface area contributed by atoms with Crippen LogP contribution in [0.25, 0.3) is 0 Å². The largest absolute Gasteiger partial charge is 0.490 e. The van der Waals surface area contributed by atoms with E-state index < -0.39 is 35.5 Å². The number of hydrogen-bond donors (Lipinski definition) is 1. The van der Waals surface area contributed by atoms with Crippen molar-refractivity contribution < 1.29 is 38.1 Å². The van der Waals surface area contributed by atoms with Crippen LogP contribution in [0, 0.1) is 11.8 Å². The summed E-state index contributed by atoms with van der Waals surface area (Å²) < 4.78 is 21.6. The standard InChI is InChI=1S/C28H35NO8S/c1-7-35-21-14-18(9-10-20(21)37-17(5)30)24-23(28(33)36-11-12-38-8-2)16(4)29-19-13-15(3)22(27(32)34-6)26(31)25(19)24/h9-10,14-15,22,24,29H,7-8,11-13H2,1-6H3/t15-,22+,24-/m0/s1. The topological polar surface area (TPSA) is 117 Å². The number of ether oxygens (including phenoxy) is 4. The van der Waals surface area contributed by atoms with E-state index in [-0.39, 0.29) is 23.8 Å². The Morgan fingerprint density at radius 3 is 2.53 bits per heavy atom. The second-order valence-corrected chi connectivity index (χ2v) is 10.5. The number of dihydropyridines is 1. The maximum atomic E-state index is 13.9. The maximum absolute atomic E-state index is 13.9. The molecule has 0 spiro atoms. The van der Waals surface area contributed by atoms with Gasteiger partial charge in [0, 0.05) is 35.6 Å². The van der Waals surface area contributed by atoms with E-state index in [1.807, 2.05) is 13.8 Å². The minimum Gasteiger partial charge on any atom is -0.490 e. The summed E-state index contributed by atoms with van der Waals surface area (Å²) in [4.78, 5) is 51.6. The molecule has 0 saturated heterocycles. The Kier molecular flexibility index (Phi) is 10.0. The van der Waals surface area contributed by atoms with Crippen LogP contribution < -0.4 is 14.8 Å². The first-order valence-corrected chi connectivity index (χ1v) is 13.8. The van der Waals surface area contributed by atoms with E-state index >= 15 is 0 Å². The molecule has 1 heterocycles. The molecule has 3 atom stereocenters. The molecule has 2 aliphatic rings. The van der Waals surface area contributed by atoms with Crippen LogP contribution in [0.15, 0.2) is 40.7 Å². The highest BCUT2D eigenvalue weighted by atomic mass is 32.2. The molecule has 1 N–H and O–H groups in total. The van der Waals surface area contributed by atoms with E-state index in [1.54, 1.807) is 43.8 Å². The highest BCUT2D eigenvalue weighted by molar-refractivity contribution is 7.99. The zero-order valence-corrected chi connectivity index (χ0v) is 23.5. The summed E-state index contributed by atoms with van der Waals surface area (Å²) in [6, 6.07) is 4.93. The third-order valence-corrected chi connectivity index (χ3v) is 7.35. The van der Waals surface area contributed by atoms with Gasteiger partial charge in [-0.3, -0.25) is 14.4 Å². The molecule has 0 unspecified atom stereocenters. The molecule has 1 aliphatic heterocycles. The number of rotatable bonds is 10. The lowest BCUT2D eigenvalue weighted by Gasteiger charge is -2.38. The number of nitrogens with one attached hydrogen (secondary N) is 1. The van der Waals surface area contributed by atoms with Crippen LogP contribution >= 0.6 is 11.8 Å². The first kappa shape index (κ1) is 29.3. The number of benzene rings is 1. The average Bonchev–Trinajstić information content (AvgIpc) is 2.86. The monoisotopic (exact) mass is 545 g/mol. The summed E-state index contributed by atoms with van der Waals surface area (Å²) in [5.74, 6) is -2.11. The number of ketones is 1. The fourth-order valence-electron chi connectivity index (χ4n) is 4.91. The van der Waals surface area contributed by atoms with Crippen molar-refractivity contribution >= 4 is 35.5 Å². The number of esters is 3. The smallest absolute Gasteiger partial charge is 0.336 e. The lowest BCUT2D eigenvalue weighted by atomic mass is 9.69. The van der Waals surface area contributed by atoms with Crippen LogP contribution in [0.3, 0.4) is 0 Å². The maximum Gasteiger partial charge on any atom is 0.336 e. The molecule has 9 nitrogen and oxygen atoms in total. The second-order valence-electron chi connectivity index (χ2n) is 9.10. The van der Waals surface area contributed by atoms with Gasteiger partial charge in [-0.2, -0.15) is 11.8 Å². The Hall–Kier alpha value is -3.27. The predicted octanol–water partition coefficient (Wildman–Crippen LogP) is 3.92. The van der Waals surface area contributed by atoms with Gasteiger partial charge in [-0.25, -0.2) is 4.79 Å². The molecule has 0 amide bonds. The Bertz CT molecular complexity index is 1170. The molecule has 0 bridgehead atoms. The quantitative estimate of drug-likeness (QED) is 0.201. The third kappa shape index (κ3) is 6.23. The predicted molar refractivity (Wildman–Crippen MR) is 143 cm³/mol. The lowest BCUT2D eigenvalue weighted by Crippen LogP contribution is -2.43. The van der Waals surface area contributed by atoms with E-state index in [0.717, 1.165) is 5.75 Å². The first-order chi connectivity index (χ1) is 18.1. The summed E-state index contributed by atoms with van der Waals surface area (Å²) in [5.41, 5.74) is 2.39. The molecule has 0 aromatic heterocycles. The molecule has 10 heteroatoms. The van der Waals surface area contributed by atoms with Gasteiger partial charge in [0.2, 0.25) is 0 Å². The fourth-order valence-corrected chi connectivity index (χ4v) is 5.40. The van der Waals surface area contributed by atoms with Gasteiger partial charge in [-0.05, 0) is 49.6 Å². The molecular formula is C28H35NO8S. The molecule has 0 radical (unpaired) electrons. The van der Waals surface area contributed by atoms with Gasteiger partial charge >= 0.3 is 17.9 Å². The average molecular weight is 546 g/mol. The molecule has 38 heavy (non-hydrogen) atoms. The minimum atomic E-state index is -0.994. The second kappa shape index (κ2) is 13.0. The molecule has 0 saturated carbocycles. The Balaban J connectivity index is 2.16. The number of carbonyl (C=O) groups excluding carboxylic acids is 4. The van der Waals surface area contributed by atoms with Gasteiger partial charge in [0.25, 0.3) is 0 Å². The SMILES string of the molecule is CCOc1cc([C@H]2C(C(=O)OCCSCC)=C(C)NC3=C2C(=O)[C@H](C(=O)OC)[C@@H](C)C3)ccc1OC(C)=O. The summed E-state index contributed by atoms with van der Waals surface area (Å²) >= 11 is 1.65. The van der Waals surface area contributed by atoms with Crippen molar-refractivity contribution in [1.82, 2.24) is 5.32 Å². The van der Waals surface area contributed by atoms with Crippen LogP contribution in [-0.2, 0) is 28.7 Å². The van der Waals surface area contributed by atoms with Gasteiger partial charge in [-0.15, -0.1) is 0 Å². The van der Waals surface area contributed by atoms with Gasteiger partial charge in [-0.1, -0.05) is 19.9 Å². The Labute approximate surface area is 227 Å². The van der Waals surface area contributed by atoms with Gasteiger partial charge < -0.3 is 24.3 Å². The number of thioether (sulfide) groups is 1. The number of methoxy groups -OCH3 is 1. The van der Waals surface area contributed by atoms with Gasteiger partial charge in [0.15, 0.2) is 17.3 Å². The summed E-state index contributed by atoms with van der Waals surface area (Å²) in [6.07, 6.45) is 0.425. The summed E-state index contributed by atoms with van der Waals surface area (Å²) in [5, 5.41) is 3.25. The highest BCUT2D eigenvalue weighted by Gasteiger charge is 2.47. The Morgan fingerprint density at radius 1 is 1.16 bits per heavy atom. The molecule has 1 aromatic carbocycles. The minimum absolute atomic E-state index is 0.220. The van der Waals surface area contributed by atoms with E-state index in [0.29, 0.717) is 47.1 Å². The third-order valence-electron chi connectivity index (χ3n) is 6.48. The fraction of sp³-hybridized carbons (Fsp3) is 0.500. The zero-order chi connectivity index (χ0) is 28.0. The molecule has 1 aliphatic carbocycles. The summed E-state index contributed by atoms with van der Waals surface area (Å²) in [6.45, 7) is 9.23. The Morgan fingerprint density at radius 2 is 1.89 bits per heavy atom. The van der Waals surface area contributed by atoms with E-state index in [4.69, 9.17) is 18.9 Å². The van der Waals surface area contributed by atoms with Crippen LogP contribution in [-0.4, -0.2) is 55.5 Å². The van der Waals surface area contributed by atoms with Crippen molar-refractivity contribution in [1.29, 1.82) is 0 Å². The molecule has 0 fully saturated rings. The van der Waals surface area contributed by atoms with Crippen molar-refractivity contribution in [3.05, 3.63) is 46.3 Å². The van der Waals surface area contributed by atoms with Crippen molar-refractivity contribution in [2.45, 2.75) is 47.0 Å². The number of allylic oxidation sites excluding steroid dienone is 3. The van der Waals surface area contributed by atoms with E-state index in [1.165, 1.54) is 14.0 Å². The van der Waals surface area contributed by atoms with Gasteiger partial charge in [0.1, 0.15) is 12.5 Å². The van der Waals surface area contributed by atoms with E-state index in [2.05, 4.69) is 5.32 Å². The van der Waals surface area contributed by atoms with Crippen LogP contribution in [0.4, 0.5) is 0 Å². The zero-order valence-electron chi connectivity index (χ0n) is 22.7.